The molecule has 122 valence electrons. The number of hydrogen-bond acceptors (Lipinski definition) is 3. The minimum absolute atomic E-state index is 0.102. The zero-order valence-corrected chi connectivity index (χ0v) is 13.3. The Morgan fingerprint density at radius 2 is 1.21 bits per heavy atom. The Kier molecular flexibility index (Phi) is 4.94. The van der Waals surface area contributed by atoms with Gasteiger partial charge in [0.2, 0.25) is 0 Å². The van der Waals surface area contributed by atoms with E-state index in [1.54, 1.807) is 12.1 Å². The van der Waals surface area contributed by atoms with Gasteiger partial charge in [0.05, 0.1) is 13.2 Å². The molecule has 0 saturated carbocycles. The zero-order chi connectivity index (χ0) is 16.8. The number of aromatic hydroxyl groups is 1. The molecule has 3 nitrogen and oxygen atoms in total. The highest BCUT2D eigenvalue weighted by Crippen LogP contribution is 2.43. The minimum atomic E-state index is -0.989. The normalized spacial score (nSPS) is 11.4. The molecule has 0 aliphatic carbocycles. The first-order valence-electron chi connectivity index (χ1n) is 7.93. The number of ether oxygens (including phenoxy) is 1. The third-order valence-electron chi connectivity index (χ3n) is 4.05. The number of phenols is 1. The fraction of sp³-hybridized carbons (Fsp3) is 0.143. The largest absolute Gasteiger partial charge is 0.508 e. The number of aliphatic hydroxyl groups is 1. The summed E-state index contributed by atoms with van der Waals surface area (Å²) in [5.74, 6) is 0.156. The van der Waals surface area contributed by atoms with Gasteiger partial charge in [0.15, 0.2) is 0 Å². The summed E-state index contributed by atoms with van der Waals surface area (Å²) in [5, 5.41) is 19.9. The first-order valence-corrected chi connectivity index (χ1v) is 7.93. The van der Waals surface area contributed by atoms with Crippen LogP contribution in [0.1, 0.15) is 16.7 Å². The van der Waals surface area contributed by atoms with Crippen LogP contribution in [0, 0.1) is 0 Å². The molecule has 0 atom stereocenters. The lowest BCUT2D eigenvalue weighted by atomic mass is 9.79. The second-order valence-corrected chi connectivity index (χ2v) is 5.50. The molecular formula is C21H20O3. The van der Waals surface area contributed by atoms with Crippen molar-refractivity contribution in [3.05, 3.63) is 102 Å². The topological polar surface area (TPSA) is 49.7 Å². The van der Waals surface area contributed by atoms with E-state index in [-0.39, 0.29) is 19.0 Å². The average Bonchev–Trinajstić information content (AvgIpc) is 2.65. The van der Waals surface area contributed by atoms with Crippen molar-refractivity contribution in [3.63, 3.8) is 0 Å². The Morgan fingerprint density at radius 1 is 0.708 bits per heavy atom. The molecule has 0 unspecified atom stereocenters. The molecule has 3 rings (SSSR count). The van der Waals surface area contributed by atoms with Gasteiger partial charge in [-0.15, -0.1) is 0 Å². The number of hydrogen-bond donors (Lipinski definition) is 2. The van der Waals surface area contributed by atoms with Crippen molar-refractivity contribution in [3.8, 4) is 5.75 Å². The van der Waals surface area contributed by atoms with Crippen LogP contribution in [0.25, 0.3) is 0 Å². The van der Waals surface area contributed by atoms with Crippen molar-refractivity contribution in [1.82, 2.24) is 0 Å². The van der Waals surface area contributed by atoms with Gasteiger partial charge < -0.3 is 14.9 Å². The van der Waals surface area contributed by atoms with Crippen molar-refractivity contribution in [2.24, 2.45) is 0 Å². The molecule has 2 N–H and O–H groups in total. The molecule has 0 fully saturated rings. The summed E-state index contributed by atoms with van der Waals surface area (Å²) < 4.78 is 6.21. The second-order valence-electron chi connectivity index (χ2n) is 5.50. The van der Waals surface area contributed by atoms with Gasteiger partial charge in [-0.25, -0.2) is 0 Å². The highest BCUT2D eigenvalue weighted by molar-refractivity contribution is 5.52. The smallest absolute Gasteiger partial charge is 0.147 e. The van der Waals surface area contributed by atoms with Crippen LogP contribution in [0.5, 0.6) is 5.75 Å². The average molecular weight is 320 g/mol. The molecule has 0 heterocycles. The minimum Gasteiger partial charge on any atom is -0.508 e. The fourth-order valence-corrected chi connectivity index (χ4v) is 3.04. The molecule has 3 aromatic carbocycles. The Bertz CT molecular complexity index is 730. The standard InChI is InChI=1S/C21H20O3/c22-15-16-24-21(17-9-3-1-4-10-17,18-11-5-2-6-12-18)19-13-7-8-14-20(19)23/h1-14,22-23H,15-16H2. The third-order valence-corrected chi connectivity index (χ3v) is 4.05. The van der Waals surface area contributed by atoms with Crippen LogP contribution in [0.3, 0.4) is 0 Å². The summed E-state index contributed by atoms with van der Waals surface area (Å²) in [6, 6.07) is 26.7. The summed E-state index contributed by atoms with van der Waals surface area (Å²) in [7, 11) is 0. The third kappa shape index (κ3) is 2.92. The molecule has 0 radical (unpaired) electrons. The lowest BCUT2D eigenvalue weighted by molar-refractivity contribution is -0.00769. The van der Waals surface area contributed by atoms with Crippen molar-refractivity contribution < 1.29 is 14.9 Å². The predicted octanol–water partition coefficient (Wildman–Crippen LogP) is 3.69. The number of phenolic OH excluding ortho intramolecular Hbond substituents is 1. The van der Waals surface area contributed by atoms with Gasteiger partial charge in [-0.05, 0) is 17.2 Å². The molecule has 0 spiro atoms. The van der Waals surface area contributed by atoms with Gasteiger partial charge >= 0.3 is 0 Å². The van der Waals surface area contributed by atoms with Crippen molar-refractivity contribution in [2.45, 2.75) is 5.60 Å². The second kappa shape index (κ2) is 7.30. The van der Waals surface area contributed by atoms with Crippen LogP contribution in [0.4, 0.5) is 0 Å². The van der Waals surface area contributed by atoms with Crippen LogP contribution in [-0.4, -0.2) is 23.4 Å². The molecule has 3 heteroatoms. The SMILES string of the molecule is OCCOC(c1ccccc1)(c1ccccc1)c1ccccc1O. The van der Waals surface area contributed by atoms with Gasteiger partial charge in [-0.2, -0.15) is 0 Å². The molecular weight excluding hydrogens is 300 g/mol. The van der Waals surface area contributed by atoms with Crippen LogP contribution in [0.15, 0.2) is 84.9 Å². The van der Waals surface area contributed by atoms with Crippen LogP contribution in [-0.2, 0) is 10.3 Å². The van der Waals surface area contributed by atoms with Crippen LogP contribution < -0.4 is 0 Å². The molecule has 0 bridgehead atoms. The van der Waals surface area contributed by atoms with Crippen molar-refractivity contribution in [1.29, 1.82) is 0 Å². The zero-order valence-electron chi connectivity index (χ0n) is 13.3. The van der Waals surface area contributed by atoms with E-state index in [0.717, 1.165) is 11.1 Å². The molecule has 0 amide bonds. The summed E-state index contributed by atoms with van der Waals surface area (Å²) in [4.78, 5) is 0. The van der Waals surface area contributed by atoms with Crippen molar-refractivity contribution >= 4 is 0 Å². The fourth-order valence-electron chi connectivity index (χ4n) is 3.04. The quantitative estimate of drug-likeness (QED) is 0.681. The first-order chi connectivity index (χ1) is 11.8. The highest BCUT2D eigenvalue weighted by atomic mass is 16.5. The Labute approximate surface area is 141 Å². The van der Waals surface area contributed by atoms with E-state index in [9.17, 15) is 10.2 Å². The van der Waals surface area contributed by atoms with E-state index < -0.39 is 5.60 Å². The molecule has 0 aliphatic rings. The Balaban J connectivity index is 2.31. The van der Waals surface area contributed by atoms with E-state index in [2.05, 4.69) is 0 Å². The lowest BCUT2D eigenvalue weighted by Crippen LogP contribution is -2.34. The number of rotatable bonds is 6. The maximum atomic E-state index is 10.5. The van der Waals surface area contributed by atoms with Crippen molar-refractivity contribution in [2.75, 3.05) is 13.2 Å². The van der Waals surface area contributed by atoms with E-state index in [1.165, 1.54) is 0 Å². The summed E-state index contributed by atoms with van der Waals surface area (Å²) in [5.41, 5.74) is 1.45. The molecule has 0 saturated heterocycles. The van der Waals surface area contributed by atoms with Gasteiger partial charge in [-0.1, -0.05) is 78.9 Å². The number of para-hydroxylation sites is 1. The van der Waals surface area contributed by atoms with Crippen LogP contribution >= 0.6 is 0 Å². The molecule has 0 aromatic heterocycles. The summed E-state index contributed by atoms with van der Waals surface area (Å²) >= 11 is 0. The monoisotopic (exact) mass is 320 g/mol. The van der Waals surface area contributed by atoms with Gasteiger partial charge in [0.1, 0.15) is 11.4 Å². The Hall–Kier alpha value is -2.62. The highest BCUT2D eigenvalue weighted by Gasteiger charge is 2.39. The molecule has 3 aromatic rings. The Morgan fingerprint density at radius 3 is 1.71 bits per heavy atom. The first kappa shape index (κ1) is 16.2. The number of aliphatic hydroxyl groups excluding tert-OH is 1. The van der Waals surface area contributed by atoms with Gasteiger partial charge in [-0.3, -0.25) is 0 Å². The van der Waals surface area contributed by atoms with E-state index in [0.29, 0.717) is 5.56 Å². The summed E-state index contributed by atoms with van der Waals surface area (Å²) in [6.45, 7) is 0.0487. The summed E-state index contributed by atoms with van der Waals surface area (Å²) in [6.07, 6.45) is 0. The van der Waals surface area contributed by atoms with E-state index in [4.69, 9.17) is 4.74 Å². The predicted molar refractivity (Wildman–Crippen MR) is 93.9 cm³/mol. The van der Waals surface area contributed by atoms with Gasteiger partial charge in [0.25, 0.3) is 0 Å². The maximum Gasteiger partial charge on any atom is 0.147 e. The van der Waals surface area contributed by atoms with Crippen LogP contribution in [0.2, 0.25) is 0 Å². The molecule has 0 aliphatic heterocycles. The lowest BCUT2D eigenvalue weighted by Gasteiger charge is -2.36. The molecule has 24 heavy (non-hydrogen) atoms. The van der Waals surface area contributed by atoms with E-state index in [1.807, 2.05) is 72.8 Å². The maximum absolute atomic E-state index is 10.5. The number of benzene rings is 3. The van der Waals surface area contributed by atoms with Gasteiger partial charge in [0, 0.05) is 5.56 Å². The van der Waals surface area contributed by atoms with E-state index >= 15 is 0 Å².